The topological polar surface area (TPSA) is 41.6 Å². The molecule has 0 saturated carbocycles. The lowest BCUT2D eigenvalue weighted by Gasteiger charge is -2.32. The minimum absolute atomic E-state index is 0.163. The van der Waals surface area contributed by atoms with E-state index in [1.54, 1.807) is 0 Å². The summed E-state index contributed by atoms with van der Waals surface area (Å²) in [5.41, 5.74) is 0. The number of amides is 1. The normalized spacial score (nSPS) is 19.5. The lowest BCUT2D eigenvalue weighted by Crippen LogP contribution is -2.46. The minimum Gasteiger partial charge on any atom is -0.492 e. The molecule has 1 heterocycles. The van der Waals surface area contributed by atoms with Gasteiger partial charge in [-0.25, -0.2) is 0 Å². The van der Waals surface area contributed by atoms with E-state index in [2.05, 4.69) is 22.4 Å². The first-order valence-electron chi connectivity index (χ1n) is 8.77. The average Bonchev–Trinajstić information content (AvgIpc) is 3.13. The lowest BCUT2D eigenvalue weighted by atomic mass is 10.0. The van der Waals surface area contributed by atoms with Crippen LogP contribution in [0.25, 0.3) is 0 Å². The second-order valence-electron chi connectivity index (χ2n) is 6.57. The molecule has 2 aliphatic rings. The van der Waals surface area contributed by atoms with Gasteiger partial charge in [0.15, 0.2) is 0 Å². The molecule has 1 aromatic rings. The van der Waals surface area contributed by atoms with E-state index in [9.17, 15) is 4.79 Å². The van der Waals surface area contributed by atoms with E-state index in [0.29, 0.717) is 12.6 Å². The van der Waals surface area contributed by atoms with Gasteiger partial charge in [0.25, 0.3) is 0 Å². The van der Waals surface area contributed by atoms with Crippen molar-refractivity contribution in [2.24, 2.45) is 5.92 Å². The van der Waals surface area contributed by atoms with Crippen LogP contribution in [-0.4, -0.2) is 43.1 Å². The summed E-state index contributed by atoms with van der Waals surface area (Å²) in [4.78, 5) is 14.6. The van der Waals surface area contributed by atoms with E-state index >= 15 is 0 Å². The van der Waals surface area contributed by atoms with Crippen LogP contribution in [0, 0.1) is 5.92 Å². The summed E-state index contributed by atoms with van der Waals surface area (Å²) < 4.78 is 5.75. The molecule has 0 bridgehead atoms. The van der Waals surface area contributed by atoms with Gasteiger partial charge in [-0.1, -0.05) is 23.8 Å². The summed E-state index contributed by atoms with van der Waals surface area (Å²) >= 11 is 5.86. The summed E-state index contributed by atoms with van der Waals surface area (Å²) in [5.74, 6) is 1.24. The number of nitrogens with one attached hydrogen (secondary N) is 1. The zero-order valence-electron chi connectivity index (χ0n) is 13.9. The smallest absolute Gasteiger partial charge is 0.223 e. The number of ether oxygens (including phenoxy) is 1. The molecule has 1 N–H and O–H groups in total. The Balaban J connectivity index is 1.31. The molecular weight excluding hydrogens is 324 g/mol. The Morgan fingerprint density at radius 1 is 1.17 bits per heavy atom. The van der Waals surface area contributed by atoms with E-state index in [1.165, 1.54) is 0 Å². The van der Waals surface area contributed by atoms with Crippen molar-refractivity contribution >= 4 is 17.5 Å². The number of hydrogen-bond donors (Lipinski definition) is 1. The fourth-order valence-electron chi connectivity index (χ4n) is 3.27. The van der Waals surface area contributed by atoms with Gasteiger partial charge in [0.05, 0.1) is 0 Å². The highest BCUT2D eigenvalue weighted by Gasteiger charge is 2.24. The van der Waals surface area contributed by atoms with Crippen molar-refractivity contribution < 1.29 is 9.53 Å². The van der Waals surface area contributed by atoms with Crippen molar-refractivity contribution in [3.63, 3.8) is 0 Å². The van der Waals surface area contributed by atoms with Gasteiger partial charge in [-0.15, -0.1) is 0 Å². The zero-order chi connectivity index (χ0) is 16.8. The Morgan fingerprint density at radius 2 is 1.83 bits per heavy atom. The van der Waals surface area contributed by atoms with Crippen LogP contribution in [0.3, 0.4) is 0 Å². The molecule has 1 fully saturated rings. The molecule has 1 aliphatic heterocycles. The quantitative estimate of drug-likeness (QED) is 0.802. The number of allylic oxidation sites excluding steroid dienone is 2. The van der Waals surface area contributed by atoms with E-state index in [1.807, 2.05) is 24.3 Å². The Bertz CT molecular complexity index is 557. The van der Waals surface area contributed by atoms with E-state index in [0.717, 1.165) is 56.1 Å². The average molecular weight is 349 g/mol. The number of carbonyl (C=O) groups excluding carboxylic acids is 1. The fourth-order valence-corrected chi connectivity index (χ4v) is 3.40. The summed E-state index contributed by atoms with van der Waals surface area (Å²) in [5, 5.41) is 3.94. The van der Waals surface area contributed by atoms with Gasteiger partial charge in [0, 0.05) is 36.6 Å². The molecule has 5 heteroatoms. The molecule has 0 spiro atoms. The van der Waals surface area contributed by atoms with Crippen molar-refractivity contribution in [3.8, 4) is 5.75 Å². The zero-order valence-corrected chi connectivity index (χ0v) is 14.7. The number of halogens is 1. The van der Waals surface area contributed by atoms with Crippen LogP contribution in [-0.2, 0) is 4.79 Å². The van der Waals surface area contributed by atoms with Crippen LogP contribution in [0.15, 0.2) is 36.4 Å². The molecule has 0 unspecified atom stereocenters. The number of likely N-dealkylation sites (tertiary alicyclic amines) is 1. The predicted octanol–water partition coefficient (Wildman–Crippen LogP) is 3.27. The second-order valence-corrected chi connectivity index (χ2v) is 7.00. The summed E-state index contributed by atoms with van der Waals surface area (Å²) in [6.07, 6.45) is 8.04. The molecular formula is C19H25ClN2O2. The summed E-state index contributed by atoms with van der Waals surface area (Å²) in [6.45, 7) is 3.61. The molecule has 1 saturated heterocycles. The third-order valence-electron chi connectivity index (χ3n) is 4.80. The first-order chi connectivity index (χ1) is 11.7. The third-order valence-corrected chi connectivity index (χ3v) is 5.05. The lowest BCUT2D eigenvalue weighted by molar-refractivity contribution is -0.125. The van der Waals surface area contributed by atoms with E-state index < -0.39 is 0 Å². The maximum Gasteiger partial charge on any atom is 0.223 e. The van der Waals surface area contributed by atoms with Gasteiger partial charge in [0.2, 0.25) is 5.91 Å². The largest absolute Gasteiger partial charge is 0.492 e. The molecule has 1 aromatic carbocycles. The van der Waals surface area contributed by atoms with Gasteiger partial charge in [-0.05, 0) is 49.9 Å². The highest BCUT2D eigenvalue weighted by molar-refractivity contribution is 6.30. The molecule has 1 amide bonds. The number of hydrogen-bond acceptors (Lipinski definition) is 3. The molecule has 3 rings (SSSR count). The molecule has 1 aliphatic carbocycles. The first kappa shape index (κ1) is 17.3. The molecule has 0 aromatic heterocycles. The van der Waals surface area contributed by atoms with Crippen molar-refractivity contribution in [2.75, 3.05) is 26.2 Å². The Hall–Kier alpha value is -1.52. The molecule has 4 nitrogen and oxygen atoms in total. The van der Waals surface area contributed by atoms with Crippen LogP contribution < -0.4 is 10.1 Å². The first-order valence-corrected chi connectivity index (χ1v) is 9.14. The van der Waals surface area contributed by atoms with E-state index in [4.69, 9.17) is 16.3 Å². The molecule has 0 atom stereocenters. The highest BCUT2D eigenvalue weighted by atomic mass is 35.5. The predicted molar refractivity (Wildman–Crippen MR) is 96.4 cm³/mol. The minimum atomic E-state index is 0.163. The maximum atomic E-state index is 12.2. The summed E-state index contributed by atoms with van der Waals surface area (Å²) in [7, 11) is 0. The number of carbonyl (C=O) groups is 1. The van der Waals surface area contributed by atoms with Crippen LogP contribution >= 0.6 is 11.6 Å². The monoisotopic (exact) mass is 348 g/mol. The molecule has 130 valence electrons. The number of piperidine rings is 1. The number of benzene rings is 1. The van der Waals surface area contributed by atoms with Crippen LogP contribution in [0.1, 0.15) is 25.7 Å². The number of nitrogens with zero attached hydrogens (tertiary/aromatic N) is 1. The van der Waals surface area contributed by atoms with Gasteiger partial charge in [-0.3, -0.25) is 9.69 Å². The Kier molecular flexibility index (Phi) is 6.16. The van der Waals surface area contributed by atoms with Crippen LogP contribution in [0.4, 0.5) is 0 Å². The fraction of sp³-hybridized carbons (Fsp3) is 0.526. The standard InChI is InChI=1S/C19H25ClN2O2/c20-16-5-7-18(8-6-16)24-14-13-22-11-9-17(10-12-22)21-19(23)15-3-1-2-4-15/h1-2,5-8,15,17H,3-4,9-14H2,(H,21,23). The summed E-state index contributed by atoms with van der Waals surface area (Å²) in [6, 6.07) is 7.78. The van der Waals surface area contributed by atoms with Gasteiger partial charge in [0.1, 0.15) is 12.4 Å². The molecule has 24 heavy (non-hydrogen) atoms. The van der Waals surface area contributed by atoms with Gasteiger partial charge >= 0.3 is 0 Å². The van der Waals surface area contributed by atoms with Crippen molar-refractivity contribution in [1.82, 2.24) is 10.2 Å². The van der Waals surface area contributed by atoms with Crippen molar-refractivity contribution in [2.45, 2.75) is 31.7 Å². The highest BCUT2D eigenvalue weighted by Crippen LogP contribution is 2.19. The second kappa shape index (κ2) is 8.54. The Labute approximate surface area is 148 Å². The van der Waals surface area contributed by atoms with Crippen molar-refractivity contribution in [3.05, 3.63) is 41.4 Å². The number of rotatable bonds is 6. The van der Waals surface area contributed by atoms with Gasteiger partial charge < -0.3 is 10.1 Å². The van der Waals surface area contributed by atoms with Crippen LogP contribution in [0.5, 0.6) is 5.75 Å². The molecule has 0 radical (unpaired) electrons. The van der Waals surface area contributed by atoms with E-state index in [-0.39, 0.29) is 11.8 Å². The van der Waals surface area contributed by atoms with Gasteiger partial charge in [-0.2, -0.15) is 0 Å². The SMILES string of the molecule is O=C(NC1CCN(CCOc2ccc(Cl)cc2)CC1)C1CC=CC1. The van der Waals surface area contributed by atoms with Crippen molar-refractivity contribution in [1.29, 1.82) is 0 Å². The Morgan fingerprint density at radius 3 is 2.50 bits per heavy atom. The third kappa shape index (κ3) is 4.99. The van der Waals surface area contributed by atoms with Crippen LogP contribution in [0.2, 0.25) is 5.02 Å². The maximum absolute atomic E-state index is 12.2.